The lowest BCUT2D eigenvalue weighted by Gasteiger charge is -2.16. The van der Waals surface area contributed by atoms with Gasteiger partial charge in [-0.25, -0.2) is 4.79 Å². The van der Waals surface area contributed by atoms with Gasteiger partial charge in [0.2, 0.25) is 0 Å². The van der Waals surface area contributed by atoms with Gasteiger partial charge in [-0.05, 0) is 30.2 Å². The zero-order chi connectivity index (χ0) is 18.6. The molecule has 0 amide bonds. The number of hydrogen-bond acceptors (Lipinski definition) is 3. The molecule has 1 N–H and O–H groups in total. The largest absolute Gasteiger partial charge is 0.478 e. The number of carbonyl (C=O) groups is 1. The molecule has 25 heavy (non-hydrogen) atoms. The van der Waals surface area contributed by atoms with Gasteiger partial charge in [-0.2, -0.15) is 0 Å². The van der Waals surface area contributed by atoms with Crippen LogP contribution < -0.4 is 5.56 Å². The summed E-state index contributed by atoms with van der Waals surface area (Å²) in [7, 11) is -1.22. The summed E-state index contributed by atoms with van der Waals surface area (Å²) in [6, 6.07) is 9.88. The Labute approximate surface area is 148 Å². The number of ether oxygens (including phenoxy) is 1. The van der Waals surface area contributed by atoms with E-state index in [2.05, 4.69) is 19.6 Å². The van der Waals surface area contributed by atoms with Crippen LogP contribution in [0.1, 0.15) is 15.9 Å². The van der Waals surface area contributed by atoms with Crippen molar-refractivity contribution >= 4 is 14.0 Å². The zero-order valence-electron chi connectivity index (χ0n) is 15.2. The van der Waals surface area contributed by atoms with Crippen LogP contribution >= 0.6 is 0 Å². The Hall–Kier alpha value is -2.18. The van der Waals surface area contributed by atoms with Crippen molar-refractivity contribution in [3.05, 3.63) is 58.0 Å². The van der Waals surface area contributed by atoms with Crippen LogP contribution in [0.15, 0.2) is 41.3 Å². The van der Waals surface area contributed by atoms with Gasteiger partial charge in [-0.1, -0.05) is 43.9 Å². The molecule has 2 aromatic rings. The first-order valence-corrected chi connectivity index (χ1v) is 12.0. The summed E-state index contributed by atoms with van der Waals surface area (Å²) in [5.41, 5.74) is 1.88. The molecule has 0 aliphatic rings. The number of carboxylic acids is 1. The zero-order valence-corrected chi connectivity index (χ0v) is 16.2. The molecule has 0 saturated carbocycles. The average molecular weight is 359 g/mol. The number of hydrogen-bond donors (Lipinski definition) is 1. The molecule has 0 bridgehead atoms. The molecule has 1 aromatic heterocycles. The van der Waals surface area contributed by atoms with E-state index in [1.165, 1.54) is 16.8 Å². The number of pyridine rings is 1. The number of aromatic carboxylic acids is 1. The number of benzene rings is 1. The van der Waals surface area contributed by atoms with Crippen molar-refractivity contribution in [2.45, 2.75) is 39.3 Å². The lowest BCUT2D eigenvalue weighted by Crippen LogP contribution is -2.26. The monoisotopic (exact) mass is 359 g/mol. The Morgan fingerprint density at radius 1 is 1.20 bits per heavy atom. The fourth-order valence-electron chi connectivity index (χ4n) is 2.46. The molecular formula is C19H25NO4Si. The topological polar surface area (TPSA) is 68.5 Å². The molecule has 2 rings (SSSR count). The fraction of sp³-hybridized carbons (Fsp3) is 0.368. The van der Waals surface area contributed by atoms with Crippen molar-refractivity contribution in [1.82, 2.24) is 4.57 Å². The Balaban J connectivity index is 2.35. The maximum atomic E-state index is 12.8. The second kappa shape index (κ2) is 7.80. The van der Waals surface area contributed by atoms with Crippen molar-refractivity contribution in [2.24, 2.45) is 0 Å². The number of carboxylic acid groups (broad SMARTS) is 1. The minimum atomic E-state index is -1.22. The van der Waals surface area contributed by atoms with E-state index >= 15 is 0 Å². The summed E-state index contributed by atoms with van der Waals surface area (Å²) in [6.07, 6.45) is 1.35. The van der Waals surface area contributed by atoms with Crippen LogP contribution in [-0.2, 0) is 11.5 Å². The van der Waals surface area contributed by atoms with Gasteiger partial charge in [0.15, 0.2) is 0 Å². The van der Waals surface area contributed by atoms with Crippen LogP contribution in [0.2, 0.25) is 25.7 Å². The van der Waals surface area contributed by atoms with E-state index < -0.39 is 14.0 Å². The van der Waals surface area contributed by atoms with Gasteiger partial charge in [0.05, 0.1) is 5.56 Å². The van der Waals surface area contributed by atoms with E-state index in [1.54, 1.807) is 0 Å². The lowest BCUT2D eigenvalue weighted by atomic mass is 10.0. The molecule has 6 heteroatoms. The molecule has 134 valence electrons. The normalized spacial score (nSPS) is 11.5. The number of rotatable bonds is 7. The summed E-state index contributed by atoms with van der Waals surface area (Å²) < 4.78 is 6.98. The van der Waals surface area contributed by atoms with Crippen LogP contribution in [0.25, 0.3) is 11.1 Å². The van der Waals surface area contributed by atoms with Crippen molar-refractivity contribution in [3.8, 4) is 11.1 Å². The van der Waals surface area contributed by atoms with E-state index in [0.717, 1.165) is 17.2 Å². The highest BCUT2D eigenvalue weighted by atomic mass is 28.3. The van der Waals surface area contributed by atoms with Gasteiger partial charge in [-0.3, -0.25) is 9.36 Å². The molecule has 0 saturated heterocycles. The smallest absolute Gasteiger partial charge is 0.337 e. The van der Waals surface area contributed by atoms with E-state index in [4.69, 9.17) is 4.74 Å². The standard InChI is InChI=1S/C19H25NO4Si/c1-14-7-5-6-8-16(14)17-11-15(19(22)23)12-20(18(17)21)13-24-9-10-25(2,3)4/h5-8,11-12H,9-10,13H2,1-4H3,(H,22,23). The predicted octanol–water partition coefficient (Wildman–Crippen LogP) is 3.83. The first kappa shape index (κ1) is 19.1. The third-order valence-corrected chi connectivity index (χ3v) is 5.70. The summed E-state index contributed by atoms with van der Waals surface area (Å²) in [6.45, 7) is 9.29. The van der Waals surface area contributed by atoms with Crippen LogP contribution in [-0.4, -0.2) is 30.3 Å². The first-order chi connectivity index (χ1) is 11.7. The summed E-state index contributed by atoms with van der Waals surface area (Å²) in [4.78, 5) is 24.2. The van der Waals surface area contributed by atoms with E-state index in [0.29, 0.717) is 12.2 Å². The molecule has 0 radical (unpaired) electrons. The van der Waals surface area contributed by atoms with Gasteiger partial charge in [0.1, 0.15) is 6.73 Å². The van der Waals surface area contributed by atoms with Crippen LogP contribution in [0.4, 0.5) is 0 Å². The minimum absolute atomic E-state index is 0.0588. The van der Waals surface area contributed by atoms with Crippen molar-refractivity contribution < 1.29 is 14.6 Å². The van der Waals surface area contributed by atoms with Gasteiger partial charge in [0.25, 0.3) is 5.56 Å². The Morgan fingerprint density at radius 3 is 2.48 bits per heavy atom. The highest BCUT2D eigenvalue weighted by Crippen LogP contribution is 2.21. The van der Waals surface area contributed by atoms with Crippen LogP contribution in [0.5, 0.6) is 0 Å². The van der Waals surface area contributed by atoms with Gasteiger partial charge in [-0.15, -0.1) is 0 Å². The highest BCUT2D eigenvalue weighted by Gasteiger charge is 2.15. The molecular weight excluding hydrogens is 334 g/mol. The van der Waals surface area contributed by atoms with E-state index in [9.17, 15) is 14.7 Å². The van der Waals surface area contributed by atoms with E-state index in [-0.39, 0.29) is 17.9 Å². The highest BCUT2D eigenvalue weighted by molar-refractivity contribution is 6.76. The van der Waals surface area contributed by atoms with Gasteiger partial charge >= 0.3 is 5.97 Å². The van der Waals surface area contributed by atoms with Gasteiger partial charge in [0, 0.05) is 26.4 Å². The molecule has 0 aliphatic carbocycles. The Morgan fingerprint density at radius 2 is 1.88 bits per heavy atom. The number of aryl methyl sites for hydroxylation is 1. The molecule has 0 aliphatic heterocycles. The van der Waals surface area contributed by atoms with Crippen molar-refractivity contribution in [3.63, 3.8) is 0 Å². The summed E-state index contributed by atoms with van der Waals surface area (Å²) in [5, 5.41) is 9.37. The Kier molecular flexibility index (Phi) is 5.97. The lowest BCUT2D eigenvalue weighted by molar-refractivity contribution is 0.0689. The maximum absolute atomic E-state index is 12.8. The third-order valence-electron chi connectivity index (χ3n) is 3.99. The molecule has 0 fully saturated rings. The first-order valence-electron chi connectivity index (χ1n) is 8.30. The molecule has 1 heterocycles. The fourth-order valence-corrected chi connectivity index (χ4v) is 3.21. The quantitative estimate of drug-likeness (QED) is 0.602. The van der Waals surface area contributed by atoms with Crippen molar-refractivity contribution in [1.29, 1.82) is 0 Å². The van der Waals surface area contributed by atoms with E-state index in [1.807, 2.05) is 31.2 Å². The number of nitrogens with zero attached hydrogens (tertiary/aromatic N) is 1. The second-order valence-electron chi connectivity index (χ2n) is 7.39. The van der Waals surface area contributed by atoms with Gasteiger partial charge < -0.3 is 9.84 Å². The molecule has 0 atom stereocenters. The SMILES string of the molecule is Cc1ccccc1-c1cc(C(=O)O)cn(COCC[Si](C)(C)C)c1=O. The van der Waals surface area contributed by atoms with Crippen LogP contribution in [0, 0.1) is 6.92 Å². The Bertz CT molecular complexity index is 821. The number of aromatic nitrogens is 1. The molecule has 0 unspecified atom stereocenters. The predicted molar refractivity (Wildman–Crippen MR) is 102 cm³/mol. The summed E-state index contributed by atoms with van der Waals surface area (Å²) in [5.74, 6) is -1.06. The summed E-state index contributed by atoms with van der Waals surface area (Å²) >= 11 is 0. The third kappa shape index (κ3) is 5.14. The minimum Gasteiger partial charge on any atom is -0.478 e. The molecule has 1 aromatic carbocycles. The van der Waals surface area contributed by atoms with Crippen LogP contribution in [0.3, 0.4) is 0 Å². The average Bonchev–Trinajstić information content (AvgIpc) is 2.52. The molecule has 5 nitrogen and oxygen atoms in total. The second-order valence-corrected chi connectivity index (χ2v) is 13.0. The van der Waals surface area contributed by atoms with Crippen molar-refractivity contribution in [2.75, 3.05) is 6.61 Å². The molecule has 0 spiro atoms. The maximum Gasteiger partial charge on any atom is 0.337 e.